The number of carbonyl (C=O) groups excluding carboxylic acids is 1. The molecular weight excluding hydrogens is 501 g/mol. The number of nitrogens with zero attached hydrogens (tertiary/aromatic N) is 1. The largest absolute Gasteiger partial charge is 0.459 e. The van der Waals surface area contributed by atoms with E-state index in [1.165, 1.54) is 4.90 Å². The van der Waals surface area contributed by atoms with E-state index in [-0.39, 0.29) is 6.54 Å². The van der Waals surface area contributed by atoms with Crippen LogP contribution in [-0.4, -0.2) is 17.5 Å². The van der Waals surface area contributed by atoms with Crippen LogP contribution in [0.15, 0.2) is 65.1 Å². The first-order valence-electron chi connectivity index (χ1n) is 12.3. The van der Waals surface area contributed by atoms with E-state index in [0.717, 1.165) is 42.2 Å². The maximum absolute atomic E-state index is 14.3. The van der Waals surface area contributed by atoms with E-state index in [0.29, 0.717) is 41.5 Å². The maximum Gasteiger partial charge on any atom is 0.322 e. The topological polar surface area (TPSA) is 45.5 Å². The molecule has 0 saturated carbocycles. The fraction of sp³-hybridized carbons (Fsp3) is 0.276. The molecule has 0 aliphatic rings. The summed E-state index contributed by atoms with van der Waals surface area (Å²) in [7, 11) is 0. The second-order valence-corrected chi connectivity index (χ2v) is 9.29. The van der Waals surface area contributed by atoms with Gasteiger partial charge in [-0.15, -0.1) is 0 Å². The molecule has 0 unspecified atom stereocenters. The van der Waals surface area contributed by atoms with Gasteiger partial charge in [-0.25, -0.2) is 18.0 Å². The van der Waals surface area contributed by atoms with Crippen LogP contribution in [0.5, 0.6) is 0 Å². The number of unbranched alkanes of at least 4 members (excludes halogenated alkanes) is 4. The lowest BCUT2D eigenvalue weighted by Gasteiger charge is -2.23. The molecule has 1 N–H and O–H groups in total. The van der Waals surface area contributed by atoms with Crippen molar-refractivity contribution in [1.29, 1.82) is 0 Å². The number of furan rings is 1. The van der Waals surface area contributed by atoms with E-state index in [1.807, 2.05) is 42.5 Å². The van der Waals surface area contributed by atoms with Gasteiger partial charge in [0, 0.05) is 40.2 Å². The third kappa shape index (κ3) is 6.28. The molecular formula is C29H28ClF3N2O2. The van der Waals surface area contributed by atoms with Crippen LogP contribution in [0.2, 0.25) is 5.02 Å². The van der Waals surface area contributed by atoms with E-state index in [9.17, 15) is 18.0 Å². The number of halogens is 4. The second kappa shape index (κ2) is 12.2. The summed E-state index contributed by atoms with van der Waals surface area (Å²) < 4.78 is 48.1. The molecule has 0 radical (unpaired) electrons. The van der Waals surface area contributed by atoms with E-state index >= 15 is 0 Å². The molecule has 3 aromatic carbocycles. The van der Waals surface area contributed by atoms with Crippen molar-refractivity contribution < 1.29 is 22.4 Å². The molecule has 0 saturated heterocycles. The second-order valence-electron chi connectivity index (χ2n) is 8.89. The molecule has 0 aliphatic carbocycles. The molecule has 8 heteroatoms. The Kier molecular flexibility index (Phi) is 8.77. The lowest BCUT2D eigenvalue weighted by molar-refractivity contribution is 0.203. The summed E-state index contributed by atoms with van der Waals surface area (Å²) in [5.74, 6) is -2.94. The molecule has 4 aromatic rings. The predicted molar refractivity (Wildman–Crippen MR) is 141 cm³/mol. The molecule has 0 bridgehead atoms. The van der Waals surface area contributed by atoms with E-state index in [1.54, 1.807) is 6.07 Å². The Morgan fingerprint density at radius 2 is 1.62 bits per heavy atom. The summed E-state index contributed by atoms with van der Waals surface area (Å²) in [5.41, 5.74) is 1.44. The lowest BCUT2D eigenvalue weighted by atomic mass is 10.0. The summed E-state index contributed by atoms with van der Waals surface area (Å²) in [5, 5.41) is 3.65. The number of amides is 2. The van der Waals surface area contributed by atoms with Crippen LogP contribution in [0, 0.1) is 17.5 Å². The zero-order valence-electron chi connectivity index (χ0n) is 20.5. The summed E-state index contributed by atoms with van der Waals surface area (Å²) >= 11 is 6.53. The normalized spacial score (nSPS) is 11.2. The number of rotatable bonds is 10. The number of para-hydroxylation sites is 1. The number of anilines is 1. The summed E-state index contributed by atoms with van der Waals surface area (Å²) in [6.07, 6.45) is 4.77. The van der Waals surface area contributed by atoms with Crippen molar-refractivity contribution in [3.63, 3.8) is 0 Å². The van der Waals surface area contributed by atoms with Gasteiger partial charge >= 0.3 is 6.03 Å². The molecule has 37 heavy (non-hydrogen) atoms. The van der Waals surface area contributed by atoms with Crippen molar-refractivity contribution >= 4 is 34.3 Å². The number of carbonyl (C=O) groups is 1. The van der Waals surface area contributed by atoms with Gasteiger partial charge in [-0.05, 0) is 18.6 Å². The number of urea groups is 1. The van der Waals surface area contributed by atoms with Crippen LogP contribution in [0.4, 0.5) is 23.7 Å². The highest BCUT2D eigenvalue weighted by Crippen LogP contribution is 2.39. The minimum Gasteiger partial charge on any atom is -0.459 e. The van der Waals surface area contributed by atoms with Crippen LogP contribution < -0.4 is 5.32 Å². The highest BCUT2D eigenvalue weighted by Gasteiger charge is 2.24. The van der Waals surface area contributed by atoms with Gasteiger partial charge in [-0.1, -0.05) is 80.6 Å². The van der Waals surface area contributed by atoms with Gasteiger partial charge in [0.1, 0.15) is 22.8 Å². The third-order valence-electron chi connectivity index (χ3n) is 6.20. The standard InChI is InChI=1S/C29H28ClF3N2O2/c1-2-3-4-5-10-15-35(29(36)34-28-23(32)16-19(31)17-24(28)33)18-26-27(20-11-6-8-13-22(20)30)21-12-7-9-14-25(21)37-26/h6-9,11-14,16-17H,2-5,10,15,18H2,1H3,(H,34,36). The third-order valence-corrected chi connectivity index (χ3v) is 6.53. The molecule has 1 aromatic heterocycles. The zero-order chi connectivity index (χ0) is 26.4. The average molecular weight is 529 g/mol. The maximum atomic E-state index is 14.3. The Hall–Kier alpha value is -3.45. The van der Waals surface area contributed by atoms with Gasteiger partial charge in [0.15, 0.2) is 11.6 Å². The minimum absolute atomic E-state index is 0.0410. The Bertz CT molecular complexity index is 1370. The fourth-order valence-electron chi connectivity index (χ4n) is 4.35. The molecule has 1 heterocycles. The smallest absolute Gasteiger partial charge is 0.322 e. The number of benzene rings is 3. The van der Waals surface area contributed by atoms with Crippen molar-refractivity contribution in [1.82, 2.24) is 4.90 Å². The SMILES string of the molecule is CCCCCCCN(Cc1oc2ccccc2c1-c1ccccc1Cl)C(=O)Nc1c(F)cc(F)cc1F. The van der Waals surface area contributed by atoms with Crippen molar-refractivity contribution in [2.24, 2.45) is 0 Å². The van der Waals surface area contributed by atoms with E-state index in [4.69, 9.17) is 16.0 Å². The molecule has 4 nitrogen and oxygen atoms in total. The Morgan fingerprint density at radius 3 is 2.35 bits per heavy atom. The number of hydrogen-bond donors (Lipinski definition) is 1. The molecule has 0 atom stereocenters. The van der Waals surface area contributed by atoms with E-state index in [2.05, 4.69) is 12.2 Å². The predicted octanol–water partition coefficient (Wildman–Crippen LogP) is 9.18. The Labute approximate surface area is 219 Å². The van der Waals surface area contributed by atoms with Crippen molar-refractivity contribution in [3.8, 4) is 11.1 Å². The average Bonchev–Trinajstić information content (AvgIpc) is 3.23. The first-order chi connectivity index (χ1) is 17.9. The Balaban J connectivity index is 1.68. The van der Waals surface area contributed by atoms with Crippen LogP contribution in [0.3, 0.4) is 0 Å². The van der Waals surface area contributed by atoms with Gasteiger partial charge < -0.3 is 14.6 Å². The molecule has 4 rings (SSSR count). The first kappa shape index (κ1) is 26.6. The Morgan fingerprint density at radius 1 is 0.946 bits per heavy atom. The fourth-order valence-corrected chi connectivity index (χ4v) is 4.58. The minimum atomic E-state index is -1.19. The van der Waals surface area contributed by atoms with Crippen molar-refractivity contribution in [2.75, 3.05) is 11.9 Å². The van der Waals surface area contributed by atoms with Crippen molar-refractivity contribution in [3.05, 3.63) is 88.9 Å². The van der Waals surface area contributed by atoms with Gasteiger partial charge in [0.2, 0.25) is 0 Å². The molecule has 0 aliphatic heterocycles. The number of nitrogens with one attached hydrogen (secondary N) is 1. The summed E-state index contributed by atoms with van der Waals surface area (Å²) in [6.45, 7) is 2.49. The van der Waals surface area contributed by atoms with Gasteiger partial charge in [-0.2, -0.15) is 0 Å². The lowest BCUT2D eigenvalue weighted by Crippen LogP contribution is -2.36. The highest BCUT2D eigenvalue weighted by atomic mass is 35.5. The quantitative estimate of drug-likeness (QED) is 0.208. The highest BCUT2D eigenvalue weighted by molar-refractivity contribution is 6.33. The summed E-state index contributed by atoms with van der Waals surface area (Å²) in [6, 6.07) is 15.2. The van der Waals surface area contributed by atoms with Crippen molar-refractivity contribution in [2.45, 2.75) is 45.6 Å². The zero-order valence-corrected chi connectivity index (χ0v) is 21.3. The first-order valence-corrected chi connectivity index (χ1v) is 12.7. The van der Waals surface area contributed by atoms with E-state index < -0.39 is 29.2 Å². The van der Waals surface area contributed by atoms with Crippen LogP contribution >= 0.6 is 11.6 Å². The molecule has 2 amide bonds. The van der Waals surface area contributed by atoms with Gasteiger partial charge in [0.05, 0.1) is 6.54 Å². The number of fused-ring (bicyclic) bond motifs is 1. The van der Waals surface area contributed by atoms with Gasteiger partial charge in [0.25, 0.3) is 0 Å². The molecule has 194 valence electrons. The number of hydrogen-bond acceptors (Lipinski definition) is 2. The van der Waals surface area contributed by atoms with Crippen LogP contribution in [-0.2, 0) is 6.54 Å². The molecule has 0 fully saturated rings. The van der Waals surface area contributed by atoms with Crippen LogP contribution in [0.25, 0.3) is 22.1 Å². The van der Waals surface area contributed by atoms with Gasteiger partial charge in [-0.3, -0.25) is 0 Å². The molecule has 0 spiro atoms. The monoisotopic (exact) mass is 528 g/mol. The van der Waals surface area contributed by atoms with Crippen LogP contribution in [0.1, 0.15) is 44.8 Å². The summed E-state index contributed by atoms with van der Waals surface area (Å²) in [4.78, 5) is 14.7.